The highest BCUT2D eigenvalue weighted by atomic mass is 32.2. The summed E-state index contributed by atoms with van der Waals surface area (Å²) in [6.07, 6.45) is 0. The van der Waals surface area contributed by atoms with Gasteiger partial charge in [-0.25, -0.2) is 18.4 Å². The Labute approximate surface area is 117 Å². The number of amides is 1. The molecule has 0 unspecified atom stereocenters. The van der Waals surface area contributed by atoms with Crippen molar-refractivity contribution in [2.75, 3.05) is 5.32 Å². The fraction of sp³-hybridized carbons (Fsp3) is 0. The van der Waals surface area contributed by atoms with Crippen LogP contribution in [0.3, 0.4) is 0 Å². The van der Waals surface area contributed by atoms with E-state index in [0.717, 1.165) is 6.07 Å². The van der Waals surface area contributed by atoms with Gasteiger partial charge in [-0.15, -0.1) is 0 Å². The van der Waals surface area contributed by atoms with Crippen molar-refractivity contribution in [3.05, 3.63) is 56.9 Å². The highest BCUT2D eigenvalue weighted by molar-refractivity contribution is 7.89. The van der Waals surface area contributed by atoms with E-state index in [4.69, 9.17) is 5.14 Å². The first-order chi connectivity index (χ1) is 9.75. The van der Waals surface area contributed by atoms with E-state index in [2.05, 4.69) is 10.3 Å². The summed E-state index contributed by atoms with van der Waals surface area (Å²) in [7, 11) is -3.82. The van der Waals surface area contributed by atoms with Gasteiger partial charge < -0.3 is 10.3 Å². The molecule has 0 spiro atoms. The highest BCUT2D eigenvalue weighted by Gasteiger charge is 2.10. The number of nitrogens with two attached hydrogens (primary N) is 1. The van der Waals surface area contributed by atoms with E-state index in [0.29, 0.717) is 0 Å². The zero-order chi connectivity index (χ0) is 15.6. The number of hydrogen-bond donors (Lipinski definition) is 4. The Kier molecular flexibility index (Phi) is 3.74. The van der Waals surface area contributed by atoms with Crippen LogP contribution in [0, 0.1) is 0 Å². The maximum Gasteiger partial charge on any atom is 0.326 e. The molecule has 0 atom stereocenters. The van der Waals surface area contributed by atoms with Gasteiger partial charge in [0.05, 0.1) is 4.90 Å². The van der Waals surface area contributed by atoms with Crippen molar-refractivity contribution in [2.45, 2.75) is 4.90 Å². The molecular formula is C11H10N4O5S. The number of aromatic amines is 2. The molecule has 0 saturated heterocycles. The minimum atomic E-state index is -3.82. The van der Waals surface area contributed by atoms with E-state index < -0.39 is 27.2 Å². The number of carbonyl (C=O) groups excluding carboxylic acids is 1. The molecule has 9 nitrogen and oxygen atoms in total. The molecule has 0 aliphatic carbocycles. The minimum absolute atomic E-state index is 0.106. The monoisotopic (exact) mass is 310 g/mol. The van der Waals surface area contributed by atoms with Crippen LogP contribution in [0.1, 0.15) is 10.5 Å². The van der Waals surface area contributed by atoms with E-state index in [-0.39, 0.29) is 16.3 Å². The number of primary sulfonamides is 1. The zero-order valence-corrected chi connectivity index (χ0v) is 11.2. The largest absolute Gasteiger partial charge is 0.326 e. The lowest BCUT2D eigenvalue weighted by atomic mass is 10.3. The van der Waals surface area contributed by atoms with Gasteiger partial charge in [0.25, 0.3) is 11.5 Å². The first-order valence-corrected chi connectivity index (χ1v) is 7.08. The summed E-state index contributed by atoms with van der Waals surface area (Å²) in [5.74, 6) is -0.721. The van der Waals surface area contributed by atoms with Crippen LogP contribution in [-0.4, -0.2) is 24.3 Å². The van der Waals surface area contributed by atoms with E-state index in [1.54, 1.807) is 0 Å². The molecule has 2 rings (SSSR count). The van der Waals surface area contributed by atoms with Gasteiger partial charge in [0.15, 0.2) is 0 Å². The van der Waals surface area contributed by atoms with Gasteiger partial charge in [0.2, 0.25) is 10.0 Å². The van der Waals surface area contributed by atoms with Crippen LogP contribution in [0.25, 0.3) is 0 Å². The smallest absolute Gasteiger partial charge is 0.321 e. The van der Waals surface area contributed by atoms with Gasteiger partial charge in [-0.05, 0) is 24.3 Å². The molecule has 10 heteroatoms. The molecule has 5 N–H and O–H groups in total. The number of aromatic nitrogens is 2. The topological polar surface area (TPSA) is 155 Å². The second-order valence-corrected chi connectivity index (χ2v) is 5.59. The van der Waals surface area contributed by atoms with E-state index in [9.17, 15) is 22.8 Å². The lowest BCUT2D eigenvalue weighted by Gasteiger charge is -2.05. The molecular weight excluding hydrogens is 300 g/mol. The third-order valence-electron chi connectivity index (χ3n) is 2.45. The Morgan fingerprint density at radius 2 is 1.71 bits per heavy atom. The zero-order valence-electron chi connectivity index (χ0n) is 10.4. The molecule has 0 aliphatic rings. The Balaban J connectivity index is 2.24. The molecule has 21 heavy (non-hydrogen) atoms. The molecule has 0 bridgehead atoms. The predicted molar refractivity (Wildman–Crippen MR) is 73.5 cm³/mol. The van der Waals surface area contributed by atoms with Crippen molar-refractivity contribution in [2.24, 2.45) is 5.14 Å². The van der Waals surface area contributed by atoms with Crippen molar-refractivity contribution in [1.82, 2.24) is 9.97 Å². The van der Waals surface area contributed by atoms with E-state index in [1.807, 2.05) is 4.98 Å². The molecule has 0 fully saturated rings. The van der Waals surface area contributed by atoms with Crippen molar-refractivity contribution in [3.8, 4) is 0 Å². The summed E-state index contributed by atoms with van der Waals surface area (Å²) in [5, 5.41) is 7.33. The van der Waals surface area contributed by atoms with Gasteiger partial charge in [-0.1, -0.05) is 0 Å². The first-order valence-electron chi connectivity index (χ1n) is 5.53. The second kappa shape index (κ2) is 5.34. The lowest BCUT2D eigenvalue weighted by molar-refractivity contribution is 0.102. The first kappa shape index (κ1) is 14.7. The van der Waals surface area contributed by atoms with Gasteiger partial charge in [0.1, 0.15) is 5.69 Å². The number of sulfonamides is 1. The predicted octanol–water partition coefficient (Wildman–Crippen LogP) is -1.04. The summed E-state index contributed by atoms with van der Waals surface area (Å²) < 4.78 is 22.2. The number of H-pyrrole nitrogens is 2. The van der Waals surface area contributed by atoms with Crippen LogP contribution in [0.5, 0.6) is 0 Å². The molecule has 0 radical (unpaired) electrons. The molecule has 1 heterocycles. The SMILES string of the molecule is NS(=O)(=O)c1ccc(NC(=O)c2cc(=O)[nH]c(=O)[nH]2)cc1. The summed E-state index contributed by atoms with van der Waals surface area (Å²) in [5.41, 5.74) is -1.47. The number of anilines is 1. The second-order valence-electron chi connectivity index (χ2n) is 4.02. The van der Waals surface area contributed by atoms with Crippen molar-refractivity contribution >= 4 is 21.6 Å². The third-order valence-corrected chi connectivity index (χ3v) is 3.37. The maximum atomic E-state index is 11.8. The summed E-state index contributed by atoms with van der Waals surface area (Å²) in [4.78, 5) is 37.9. The van der Waals surface area contributed by atoms with Gasteiger partial charge in [0, 0.05) is 11.8 Å². The fourth-order valence-electron chi connectivity index (χ4n) is 1.52. The molecule has 1 aromatic heterocycles. The van der Waals surface area contributed by atoms with Gasteiger partial charge in [-0.3, -0.25) is 14.6 Å². The molecule has 1 aromatic carbocycles. The number of benzene rings is 1. The van der Waals surface area contributed by atoms with Crippen LogP contribution in [-0.2, 0) is 10.0 Å². The summed E-state index contributed by atoms with van der Waals surface area (Å²) >= 11 is 0. The van der Waals surface area contributed by atoms with Crippen molar-refractivity contribution in [1.29, 1.82) is 0 Å². The minimum Gasteiger partial charge on any atom is -0.321 e. The number of nitrogens with one attached hydrogen (secondary N) is 3. The van der Waals surface area contributed by atoms with Crippen LogP contribution >= 0.6 is 0 Å². The average Bonchev–Trinajstić information content (AvgIpc) is 2.37. The highest BCUT2D eigenvalue weighted by Crippen LogP contribution is 2.13. The maximum absolute atomic E-state index is 11.8. The molecule has 1 amide bonds. The van der Waals surface area contributed by atoms with E-state index >= 15 is 0 Å². The Morgan fingerprint density at radius 1 is 1.10 bits per heavy atom. The van der Waals surface area contributed by atoms with Crippen LogP contribution in [0.2, 0.25) is 0 Å². The third kappa shape index (κ3) is 3.64. The van der Waals surface area contributed by atoms with Crippen molar-refractivity contribution < 1.29 is 13.2 Å². The molecule has 0 aliphatic heterocycles. The summed E-state index contributed by atoms with van der Waals surface area (Å²) in [6.45, 7) is 0. The molecule has 2 aromatic rings. The van der Waals surface area contributed by atoms with Crippen LogP contribution in [0.15, 0.2) is 44.8 Å². The molecule has 0 saturated carbocycles. The molecule has 110 valence electrons. The Morgan fingerprint density at radius 3 is 2.24 bits per heavy atom. The lowest BCUT2D eigenvalue weighted by Crippen LogP contribution is -2.27. The number of rotatable bonds is 3. The summed E-state index contributed by atoms with van der Waals surface area (Å²) in [6, 6.07) is 6.00. The number of hydrogen-bond acceptors (Lipinski definition) is 5. The standard InChI is InChI=1S/C11H10N4O5S/c12-21(19,20)7-3-1-6(2-4-7)13-10(17)8-5-9(16)15-11(18)14-8/h1-5H,(H,13,17)(H2,12,19,20)(H2,14,15,16,18). The Bertz CT molecular complexity index is 867. The van der Waals surface area contributed by atoms with Gasteiger partial charge >= 0.3 is 5.69 Å². The average molecular weight is 310 g/mol. The number of carbonyl (C=O) groups is 1. The normalized spacial score (nSPS) is 11.1. The van der Waals surface area contributed by atoms with Crippen LogP contribution < -0.4 is 21.7 Å². The Hall–Kier alpha value is -2.72. The van der Waals surface area contributed by atoms with Gasteiger partial charge in [-0.2, -0.15) is 0 Å². The van der Waals surface area contributed by atoms with Crippen LogP contribution in [0.4, 0.5) is 5.69 Å². The van der Waals surface area contributed by atoms with Crippen molar-refractivity contribution in [3.63, 3.8) is 0 Å². The quantitative estimate of drug-likeness (QED) is 0.570. The fourth-order valence-corrected chi connectivity index (χ4v) is 2.03. The van der Waals surface area contributed by atoms with E-state index in [1.165, 1.54) is 24.3 Å².